The number of allylic oxidation sites excluding steroid dienone is 2. The molecule has 0 heterocycles. The van der Waals surface area contributed by atoms with E-state index in [1.807, 2.05) is 24.3 Å². The molecular weight excluding hydrogens is 240 g/mol. The van der Waals surface area contributed by atoms with E-state index in [1.165, 1.54) is 11.1 Å². The van der Waals surface area contributed by atoms with Gasteiger partial charge in [-0.25, -0.2) is 0 Å². The monoisotopic (exact) mass is 256 g/mol. The molecule has 0 aliphatic carbocycles. The molecule has 0 N–H and O–H groups in total. The van der Waals surface area contributed by atoms with Crippen molar-refractivity contribution in [2.75, 3.05) is 0 Å². The average Bonchev–Trinajstić information content (AvgIpc) is 2.46. The van der Waals surface area contributed by atoms with Gasteiger partial charge in [-0.1, -0.05) is 59.1 Å². The molecule has 96 valence electrons. The van der Waals surface area contributed by atoms with Gasteiger partial charge < -0.3 is 0 Å². The van der Waals surface area contributed by atoms with Crippen molar-refractivity contribution in [1.82, 2.24) is 0 Å². The molecule has 0 unspecified atom stereocenters. The summed E-state index contributed by atoms with van der Waals surface area (Å²) < 4.78 is 0. The topological polar surface area (TPSA) is 0 Å². The van der Waals surface area contributed by atoms with Gasteiger partial charge in [0.15, 0.2) is 0 Å². The highest BCUT2D eigenvalue weighted by molar-refractivity contribution is 5.41. The highest BCUT2D eigenvalue weighted by atomic mass is 13.9. The first kappa shape index (κ1) is 13.7. The molecule has 0 amide bonds. The lowest BCUT2D eigenvalue weighted by atomic mass is 10.1. The van der Waals surface area contributed by atoms with Gasteiger partial charge in [-0.2, -0.15) is 0 Å². The summed E-state index contributed by atoms with van der Waals surface area (Å²) in [5.41, 5.74) is 4.53. The molecule has 0 nitrogen and oxygen atoms in total. The van der Waals surface area contributed by atoms with Crippen molar-refractivity contribution in [2.45, 2.75) is 13.8 Å². The lowest BCUT2D eigenvalue weighted by Crippen LogP contribution is -1.74. The molecule has 20 heavy (non-hydrogen) atoms. The van der Waals surface area contributed by atoms with Crippen molar-refractivity contribution in [3.63, 3.8) is 0 Å². The van der Waals surface area contributed by atoms with Crippen LogP contribution in [-0.2, 0) is 0 Å². The third-order valence-electron chi connectivity index (χ3n) is 2.79. The van der Waals surface area contributed by atoms with Crippen LogP contribution in [0.2, 0.25) is 0 Å². The predicted molar refractivity (Wildman–Crippen MR) is 85.3 cm³/mol. The molecule has 0 aromatic heterocycles. The molecule has 2 aromatic rings. The molecule has 0 fully saturated rings. The summed E-state index contributed by atoms with van der Waals surface area (Å²) in [5.74, 6) is 12.1. The maximum atomic E-state index is 3.07. The van der Waals surface area contributed by atoms with Crippen molar-refractivity contribution in [1.29, 1.82) is 0 Å². The standard InChI is InChI=1S/C20H16/c1-17-9-13-19(14-10-17)7-5-3-4-6-8-20-15-11-18(2)12-16-20/h3-4,9-16H,1-2H3/b4-3+. The zero-order valence-corrected chi connectivity index (χ0v) is 11.8. The Morgan fingerprint density at radius 1 is 0.600 bits per heavy atom. The summed E-state index contributed by atoms with van der Waals surface area (Å²) in [4.78, 5) is 0. The minimum absolute atomic E-state index is 1.02. The van der Waals surface area contributed by atoms with E-state index in [1.54, 1.807) is 12.2 Å². The Labute approximate surface area is 121 Å². The van der Waals surface area contributed by atoms with Crippen LogP contribution >= 0.6 is 0 Å². The number of hydrogen-bond donors (Lipinski definition) is 0. The molecule has 0 saturated heterocycles. The van der Waals surface area contributed by atoms with Gasteiger partial charge in [0.1, 0.15) is 0 Å². The molecule has 0 bridgehead atoms. The third kappa shape index (κ3) is 4.52. The molecule has 0 heteroatoms. The SMILES string of the molecule is Cc1ccc(C#C/C=C/C#Cc2ccc(C)cc2)cc1. The first-order chi connectivity index (χ1) is 9.74. The van der Waals surface area contributed by atoms with E-state index in [0.717, 1.165) is 11.1 Å². The molecule has 0 aliphatic heterocycles. The summed E-state index contributed by atoms with van der Waals surface area (Å²) in [7, 11) is 0. The van der Waals surface area contributed by atoms with E-state index < -0.39 is 0 Å². The average molecular weight is 256 g/mol. The van der Waals surface area contributed by atoms with Crippen LogP contribution in [0.25, 0.3) is 0 Å². The van der Waals surface area contributed by atoms with Gasteiger partial charge in [-0.05, 0) is 50.3 Å². The summed E-state index contributed by atoms with van der Waals surface area (Å²) in [6.45, 7) is 4.13. The second kappa shape index (κ2) is 7.03. The Morgan fingerprint density at radius 2 is 0.950 bits per heavy atom. The van der Waals surface area contributed by atoms with Gasteiger partial charge in [0, 0.05) is 11.1 Å². The Kier molecular flexibility index (Phi) is 4.82. The van der Waals surface area contributed by atoms with Crippen LogP contribution in [0.3, 0.4) is 0 Å². The van der Waals surface area contributed by atoms with Gasteiger partial charge in [0.25, 0.3) is 0 Å². The maximum Gasteiger partial charge on any atom is 0.0249 e. The van der Waals surface area contributed by atoms with Gasteiger partial charge in [0.05, 0.1) is 0 Å². The van der Waals surface area contributed by atoms with Crippen LogP contribution in [0, 0.1) is 37.5 Å². The second-order valence-electron chi connectivity index (χ2n) is 4.60. The van der Waals surface area contributed by atoms with Gasteiger partial charge in [-0.15, -0.1) is 0 Å². The molecule has 0 atom stereocenters. The second-order valence-corrected chi connectivity index (χ2v) is 4.60. The fraction of sp³-hybridized carbons (Fsp3) is 0.100. The molecule has 0 aliphatic rings. The molecule has 2 rings (SSSR count). The summed E-state index contributed by atoms with van der Waals surface area (Å²) in [5, 5.41) is 0. The zero-order chi connectivity index (χ0) is 14.2. The predicted octanol–water partition coefficient (Wildman–Crippen LogP) is 4.26. The minimum atomic E-state index is 1.02. The van der Waals surface area contributed by atoms with Gasteiger partial charge in [-0.3, -0.25) is 0 Å². The molecular formula is C20H16. The Morgan fingerprint density at radius 3 is 1.30 bits per heavy atom. The lowest BCUT2D eigenvalue weighted by Gasteiger charge is -1.90. The first-order valence-corrected chi connectivity index (χ1v) is 6.55. The molecule has 0 saturated carbocycles. The number of rotatable bonds is 0. The van der Waals surface area contributed by atoms with Crippen LogP contribution in [-0.4, -0.2) is 0 Å². The van der Waals surface area contributed by atoms with E-state index >= 15 is 0 Å². The van der Waals surface area contributed by atoms with E-state index in [0.29, 0.717) is 0 Å². The highest BCUT2D eigenvalue weighted by Crippen LogP contribution is 2.01. The summed E-state index contributed by atoms with van der Waals surface area (Å²) in [6.07, 6.45) is 3.56. The van der Waals surface area contributed by atoms with Gasteiger partial charge >= 0.3 is 0 Å². The van der Waals surface area contributed by atoms with Crippen LogP contribution < -0.4 is 0 Å². The van der Waals surface area contributed by atoms with Crippen LogP contribution in [0.1, 0.15) is 22.3 Å². The fourth-order valence-corrected chi connectivity index (χ4v) is 1.61. The largest absolute Gasteiger partial charge is 0.0689 e. The number of aryl methyl sites for hydroxylation is 2. The lowest BCUT2D eigenvalue weighted by molar-refractivity contribution is 1.46. The van der Waals surface area contributed by atoms with Gasteiger partial charge in [0.2, 0.25) is 0 Å². The Balaban J connectivity index is 1.95. The van der Waals surface area contributed by atoms with E-state index in [2.05, 4.69) is 61.8 Å². The number of benzene rings is 2. The maximum absolute atomic E-state index is 3.07. The van der Waals surface area contributed by atoms with E-state index in [4.69, 9.17) is 0 Å². The van der Waals surface area contributed by atoms with Crippen molar-refractivity contribution < 1.29 is 0 Å². The van der Waals surface area contributed by atoms with Crippen molar-refractivity contribution >= 4 is 0 Å². The normalized spacial score (nSPS) is 9.50. The zero-order valence-electron chi connectivity index (χ0n) is 11.8. The van der Waals surface area contributed by atoms with Crippen LogP contribution in [0.4, 0.5) is 0 Å². The molecule has 2 aromatic carbocycles. The van der Waals surface area contributed by atoms with Crippen molar-refractivity contribution in [3.8, 4) is 23.7 Å². The molecule has 0 radical (unpaired) electrons. The van der Waals surface area contributed by atoms with Crippen molar-refractivity contribution in [3.05, 3.63) is 82.9 Å². The Bertz CT molecular complexity index is 641. The van der Waals surface area contributed by atoms with E-state index in [9.17, 15) is 0 Å². The Hall–Kier alpha value is -2.70. The van der Waals surface area contributed by atoms with Crippen LogP contribution in [0.5, 0.6) is 0 Å². The van der Waals surface area contributed by atoms with E-state index in [-0.39, 0.29) is 0 Å². The third-order valence-corrected chi connectivity index (χ3v) is 2.79. The first-order valence-electron chi connectivity index (χ1n) is 6.55. The smallest absolute Gasteiger partial charge is 0.0249 e. The quantitative estimate of drug-likeness (QED) is 0.618. The van der Waals surface area contributed by atoms with Crippen molar-refractivity contribution in [2.24, 2.45) is 0 Å². The minimum Gasteiger partial charge on any atom is -0.0689 e. The van der Waals surface area contributed by atoms with Crippen LogP contribution in [0.15, 0.2) is 60.7 Å². The molecule has 0 spiro atoms. The summed E-state index contributed by atoms with van der Waals surface area (Å²) >= 11 is 0. The fourth-order valence-electron chi connectivity index (χ4n) is 1.61. The summed E-state index contributed by atoms with van der Waals surface area (Å²) in [6, 6.07) is 16.3. The number of hydrogen-bond acceptors (Lipinski definition) is 0. The highest BCUT2D eigenvalue weighted by Gasteiger charge is 1.85.